The summed E-state index contributed by atoms with van der Waals surface area (Å²) in [6, 6.07) is 2.04. The molecule has 2 rings (SSSR count). The number of hydrogen-bond acceptors (Lipinski definition) is 3. The molecule has 0 radical (unpaired) electrons. The minimum absolute atomic E-state index is 0.0567. The van der Waals surface area contributed by atoms with E-state index in [1.54, 1.807) is 0 Å². The van der Waals surface area contributed by atoms with Crippen molar-refractivity contribution in [3.8, 4) is 5.75 Å². The zero-order chi connectivity index (χ0) is 12.6. The van der Waals surface area contributed by atoms with Crippen LogP contribution in [0.3, 0.4) is 0 Å². The number of esters is 1. The van der Waals surface area contributed by atoms with Gasteiger partial charge in [-0.25, -0.2) is 8.78 Å². The molecular formula is C11H9BrF2O3. The fourth-order valence-electron chi connectivity index (χ4n) is 1.64. The van der Waals surface area contributed by atoms with Gasteiger partial charge in [0.15, 0.2) is 11.6 Å². The fourth-order valence-corrected chi connectivity index (χ4v) is 2.33. The normalized spacial score (nSPS) is 21.9. The summed E-state index contributed by atoms with van der Waals surface area (Å²) in [6.45, 7) is 1.20. The maximum atomic E-state index is 13.5. The van der Waals surface area contributed by atoms with E-state index in [2.05, 4.69) is 15.9 Å². The maximum Gasteiger partial charge on any atom is 0.302 e. The molecule has 1 aromatic rings. The average molecular weight is 307 g/mol. The Hall–Kier alpha value is -1.17. The third-order valence-corrected chi connectivity index (χ3v) is 3.46. The predicted octanol–water partition coefficient (Wildman–Crippen LogP) is 2.72. The largest absolute Gasteiger partial charge is 0.482 e. The molecule has 0 fully saturated rings. The van der Waals surface area contributed by atoms with Gasteiger partial charge in [-0.15, -0.1) is 0 Å². The molecule has 2 atom stereocenters. The fraction of sp³-hybridized carbons (Fsp3) is 0.364. The van der Waals surface area contributed by atoms with Gasteiger partial charge in [-0.3, -0.25) is 4.79 Å². The molecule has 0 saturated carbocycles. The van der Waals surface area contributed by atoms with Gasteiger partial charge in [0.2, 0.25) is 0 Å². The summed E-state index contributed by atoms with van der Waals surface area (Å²) < 4.78 is 36.9. The van der Waals surface area contributed by atoms with Crippen LogP contribution in [0.5, 0.6) is 5.75 Å². The van der Waals surface area contributed by atoms with E-state index in [1.807, 2.05) is 0 Å². The molecule has 1 heterocycles. The smallest absolute Gasteiger partial charge is 0.302 e. The molecule has 3 nitrogen and oxygen atoms in total. The van der Waals surface area contributed by atoms with Gasteiger partial charge in [-0.05, 0) is 12.1 Å². The Labute approximate surface area is 105 Å². The van der Waals surface area contributed by atoms with E-state index in [4.69, 9.17) is 9.47 Å². The van der Waals surface area contributed by atoms with E-state index in [-0.39, 0.29) is 17.9 Å². The highest BCUT2D eigenvalue weighted by molar-refractivity contribution is 9.09. The molecule has 0 aromatic heterocycles. The number of rotatable bonds is 2. The zero-order valence-corrected chi connectivity index (χ0v) is 10.5. The summed E-state index contributed by atoms with van der Waals surface area (Å²) in [4.78, 5) is 10.1. The lowest BCUT2D eigenvalue weighted by Crippen LogP contribution is -2.23. The van der Waals surface area contributed by atoms with E-state index in [0.717, 1.165) is 12.1 Å². The van der Waals surface area contributed by atoms with Crippen molar-refractivity contribution in [2.75, 3.05) is 6.61 Å². The first-order valence-electron chi connectivity index (χ1n) is 4.92. The standard InChI is InChI=1S/C11H9BrF2O3/c1-5(15)16-4-8-10(12)9-6(13)2-3-7(14)11(9)17-8/h2-3,8,10H,4H2,1H3. The summed E-state index contributed by atoms with van der Waals surface area (Å²) in [5.74, 6) is -1.76. The van der Waals surface area contributed by atoms with Crippen LogP contribution in [-0.4, -0.2) is 18.7 Å². The number of carbonyl (C=O) groups is 1. The van der Waals surface area contributed by atoms with Crippen LogP contribution in [0.1, 0.15) is 17.3 Å². The summed E-state index contributed by atoms with van der Waals surface area (Å²) >= 11 is 3.22. The van der Waals surface area contributed by atoms with Gasteiger partial charge in [0.1, 0.15) is 18.5 Å². The van der Waals surface area contributed by atoms with Gasteiger partial charge < -0.3 is 9.47 Å². The SMILES string of the molecule is CC(=O)OCC1Oc2c(F)ccc(F)c2C1Br. The highest BCUT2D eigenvalue weighted by Crippen LogP contribution is 2.44. The van der Waals surface area contributed by atoms with Crippen LogP contribution in [0.15, 0.2) is 12.1 Å². The molecule has 0 saturated heterocycles. The molecule has 0 aliphatic carbocycles. The van der Waals surface area contributed by atoms with Crippen molar-refractivity contribution < 1.29 is 23.0 Å². The van der Waals surface area contributed by atoms with Crippen molar-refractivity contribution in [2.45, 2.75) is 17.9 Å². The second-order valence-electron chi connectivity index (χ2n) is 3.63. The molecule has 0 amide bonds. The second-order valence-corrected chi connectivity index (χ2v) is 4.62. The van der Waals surface area contributed by atoms with E-state index < -0.39 is 28.5 Å². The minimum Gasteiger partial charge on any atom is -0.482 e. The van der Waals surface area contributed by atoms with Crippen LogP contribution >= 0.6 is 15.9 Å². The lowest BCUT2D eigenvalue weighted by Gasteiger charge is -2.13. The van der Waals surface area contributed by atoms with Crippen LogP contribution in [-0.2, 0) is 9.53 Å². The molecular weight excluding hydrogens is 298 g/mol. The van der Waals surface area contributed by atoms with E-state index in [1.165, 1.54) is 6.92 Å². The Morgan fingerprint density at radius 2 is 2.12 bits per heavy atom. The van der Waals surface area contributed by atoms with Crippen LogP contribution in [0, 0.1) is 11.6 Å². The van der Waals surface area contributed by atoms with Crippen LogP contribution in [0.4, 0.5) is 8.78 Å². The zero-order valence-electron chi connectivity index (χ0n) is 8.88. The van der Waals surface area contributed by atoms with Crippen molar-refractivity contribution >= 4 is 21.9 Å². The molecule has 0 bridgehead atoms. The van der Waals surface area contributed by atoms with Gasteiger partial charge in [-0.1, -0.05) is 15.9 Å². The molecule has 0 N–H and O–H groups in total. The Morgan fingerprint density at radius 3 is 2.71 bits per heavy atom. The van der Waals surface area contributed by atoms with Crippen LogP contribution < -0.4 is 4.74 Å². The molecule has 6 heteroatoms. The minimum atomic E-state index is -0.629. The number of hydrogen-bond donors (Lipinski definition) is 0. The maximum absolute atomic E-state index is 13.5. The van der Waals surface area contributed by atoms with E-state index in [0.29, 0.717) is 0 Å². The first-order chi connectivity index (χ1) is 8.00. The summed E-state index contributed by atoms with van der Waals surface area (Å²) in [7, 11) is 0. The van der Waals surface area contributed by atoms with E-state index in [9.17, 15) is 13.6 Å². The second kappa shape index (κ2) is 4.60. The van der Waals surface area contributed by atoms with Crippen molar-refractivity contribution in [1.82, 2.24) is 0 Å². The molecule has 92 valence electrons. The molecule has 0 spiro atoms. The number of fused-ring (bicyclic) bond motifs is 1. The Balaban J connectivity index is 2.23. The highest BCUT2D eigenvalue weighted by atomic mass is 79.9. The lowest BCUT2D eigenvalue weighted by molar-refractivity contribution is -0.143. The Kier molecular flexibility index (Phi) is 3.33. The number of benzene rings is 1. The van der Waals surface area contributed by atoms with Crippen LogP contribution in [0.25, 0.3) is 0 Å². The number of halogens is 3. The Morgan fingerprint density at radius 1 is 1.47 bits per heavy atom. The first kappa shape index (κ1) is 12.3. The van der Waals surface area contributed by atoms with Crippen molar-refractivity contribution in [2.24, 2.45) is 0 Å². The summed E-state index contributed by atoms with van der Waals surface area (Å²) in [5, 5.41) is 0. The van der Waals surface area contributed by atoms with Crippen molar-refractivity contribution in [3.05, 3.63) is 29.3 Å². The average Bonchev–Trinajstić information content (AvgIpc) is 2.60. The monoisotopic (exact) mass is 306 g/mol. The van der Waals surface area contributed by atoms with Gasteiger partial charge in [0.25, 0.3) is 0 Å². The molecule has 1 aliphatic rings. The third kappa shape index (κ3) is 2.26. The summed E-state index contributed by atoms with van der Waals surface area (Å²) in [5.41, 5.74) is 0.127. The Bertz CT molecular complexity index is 464. The van der Waals surface area contributed by atoms with E-state index >= 15 is 0 Å². The van der Waals surface area contributed by atoms with Gasteiger partial charge >= 0.3 is 5.97 Å². The van der Waals surface area contributed by atoms with Gasteiger partial charge in [0, 0.05) is 6.92 Å². The number of alkyl halides is 1. The van der Waals surface area contributed by atoms with Crippen LogP contribution in [0.2, 0.25) is 0 Å². The van der Waals surface area contributed by atoms with Crippen molar-refractivity contribution in [3.63, 3.8) is 0 Å². The lowest BCUT2D eigenvalue weighted by atomic mass is 10.1. The number of carbonyl (C=O) groups excluding carboxylic acids is 1. The van der Waals surface area contributed by atoms with Gasteiger partial charge in [0.05, 0.1) is 10.4 Å². The molecule has 1 aromatic carbocycles. The highest BCUT2D eigenvalue weighted by Gasteiger charge is 2.37. The predicted molar refractivity (Wildman–Crippen MR) is 59.1 cm³/mol. The van der Waals surface area contributed by atoms with Crippen molar-refractivity contribution in [1.29, 1.82) is 0 Å². The quantitative estimate of drug-likeness (QED) is 0.622. The first-order valence-corrected chi connectivity index (χ1v) is 5.84. The number of ether oxygens (including phenoxy) is 2. The molecule has 17 heavy (non-hydrogen) atoms. The molecule has 1 aliphatic heterocycles. The third-order valence-electron chi connectivity index (χ3n) is 2.42. The van der Waals surface area contributed by atoms with Gasteiger partial charge in [-0.2, -0.15) is 0 Å². The molecule has 2 unspecified atom stereocenters. The summed E-state index contributed by atoms with van der Waals surface area (Å²) in [6.07, 6.45) is -0.625. The topological polar surface area (TPSA) is 35.5 Å².